The molecule has 2 N–H and O–H groups in total. The van der Waals surface area contributed by atoms with E-state index in [4.69, 9.17) is 0 Å². The topological polar surface area (TPSA) is 56.7 Å². The summed E-state index contributed by atoms with van der Waals surface area (Å²) >= 11 is 0. The van der Waals surface area contributed by atoms with Crippen molar-refractivity contribution in [2.45, 2.75) is 40.2 Å². The summed E-state index contributed by atoms with van der Waals surface area (Å²) in [6.07, 6.45) is 1.03. The smallest absolute Gasteiger partial charge is 0.243 e. The van der Waals surface area contributed by atoms with Gasteiger partial charge in [0.25, 0.3) is 0 Å². The quantitative estimate of drug-likeness (QED) is 0.552. The van der Waals surface area contributed by atoms with Crippen molar-refractivity contribution in [1.29, 1.82) is 0 Å². The Labute approximate surface area is 111 Å². The van der Waals surface area contributed by atoms with Gasteiger partial charge in [0, 0.05) is 26.7 Å². The van der Waals surface area contributed by atoms with Gasteiger partial charge in [-0.3, -0.25) is 4.79 Å². The van der Waals surface area contributed by atoms with Crippen molar-refractivity contribution in [3.63, 3.8) is 0 Å². The third kappa shape index (κ3) is 7.14. The summed E-state index contributed by atoms with van der Waals surface area (Å²) in [5.41, 5.74) is 0. The number of likely N-dealkylation sites (N-methyl/N-ethyl adjacent to an activating group) is 1. The number of rotatable bonds is 6. The second kappa shape index (κ2) is 8.78. The predicted molar refractivity (Wildman–Crippen MR) is 76.7 cm³/mol. The van der Waals surface area contributed by atoms with E-state index in [1.54, 1.807) is 19.0 Å². The van der Waals surface area contributed by atoms with E-state index in [2.05, 4.69) is 43.3 Å². The third-order valence-electron chi connectivity index (χ3n) is 2.78. The van der Waals surface area contributed by atoms with E-state index in [0.717, 1.165) is 13.0 Å². The average Bonchev–Trinajstić information content (AvgIpc) is 2.31. The number of hydrogen-bond donors (Lipinski definition) is 2. The lowest BCUT2D eigenvalue weighted by atomic mass is 10.1. The molecule has 18 heavy (non-hydrogen) atoms. The van der Waals surface area contributed by atoms with Crippen LogP contribution < -0.4 is 10.6 Å². The van der Waals surface area contributed by atoms with Crippen LogP contribution in [-0.4, -0.2) is 50.0 Å². The lowest BCUT2D eigenvalue weighted by Gasteiger charge is -2.21. The van der Waals surface area contributed by atoms with Gasteiger partial charge in [0.05, 0.1) is 0 Å². The number of nitrogens with zero attached hydrogens (tertiary/aromatic N) is 2. The van der Waals surface area contributed by atoms with Gasteiger partial charge in [-0.05, 0) is 19.3 Å². The Morgan fingerprint density at radius 2 is 1.89 bits per heavy atom. The Hall–Kier alpha value is -1.26. The first kappa shape index (κ1) is 16.7. The van der Waals surface area contributed by atoms with Crippen molar-refractivity contribution in [3.8, 4) is 0 Å². The van der Waals surface area contributed by atoms with Crippen LogP contribution in [0.3, 0.4) is 0 Å². The van der Waals surface area contributed by atoms with Crippen molar-refractivity contribution >= 4 is 11.9 Å². The molecule has 0 aliphatic rings. The molecule has 0 aromatic carbocycles. The highest BCUT2D eigenvalue weighted by molar-refractivity contribution is 5.84. The molecule has 0 bridgehead atoms. The molecular formula is C13H28N4O. The van der Waals surface area contributed by atoms with Crippen LogP contribution in [0.2, 0.25) is 0 Å². The molecule has 1 amide bonds. The molecule has 5 heteroatoms. The number of nitrogens with one attached hydrogen (secondary N) is 2. The Kier molecular flexibility index (Phi) is 8.16. The van der Waals surface area contributed by atoms with Gasteiger partial charge in [0.1, 0.15) is 6.54 Å². The van der Waals surface area contributed by atoms with Crippen molar-refractivity contribution < 1.29 is 4.79 Å². The highest BCUT2D eigenvalue weighted by Gasteiger charge is 2.10. The number of amides is 1. The molecule has 0 saturated carbocycles. The van der Waals surface area contributed by atoms with Gasteiger partial charge in [0.15, 0.2) is 5.96 Å². The minimum Gasteiger partial charge on any atom is -0.356 e. The lowest BCUT2D eigenvalue weighted by Crippen LogP contribution is -2.45. The Morgan fingerprint density at radius 3 is 2.33 bits per heavy atom. The normalized spacial score (nSPS) is 13.4. The van der Waals surface area contributed by atoms with Crippen LogP contribution in [0, 0.1) is 5.92 Å². The van der Waals surface area contributed by atoms with E-state index >= 15 is 0 Å². The van der Waals surface area contributed by atoms with Crippen LogP contribution >= 0.6 is 0 Å². The second-order valence-corrected chi connectivity index (χ2v) is 5.06. The average molecular weight is 256 g/mol. The molecule has 0 heterocycles. The maximum Gasteiger partial charge on any atom is 0.243 e. The Balaban J connectivity index is 4.46. The summed E-state index contributed by atoms with van der Waals surface area (Å²) in [6, 6.07) is 0.322. The fourth-order valence-corrected chi connectivity index (χ4v) is 1.07. The fourth-order valence-electron chi connectivity index (χ4n) is 1.07. The Morgan fingerprint density at radius 1 is 1.28 bits per heavy atom. The minimum atomic E-state index is 0.00444. The zero-order chi connectivity index (χ0) is 14.1. The van der Waals surface area contributed by atoms with E-state index in [1.165, 1.54) is 0 Å². The minimum absolute atomic E-state index is 0.00444. The summed E-state index contributed by atoms with van der Waals surface area (Å²) in [6.45, 7) is 9.55. The number of hydrogen-bond acceptors (Lipinski definition) is 2. The number of guanidine groups is 1. The molecule has 0 radical (unpaired) electrons. The molecule has 0 aliphatic heterocycles. The van der Waals surface area contributed by atoms with E-state index in [1.807, 2.05) is 0 Å². The molecule has 0 spiro atoms. The largest absolute Gasteiger partial charge is 0.356 e. The summed E-state index contributed by atoms with van der Waals surface area (Å²) in [5, 5.41) is 6.53. The molecule has 0 aromatic heterocycles. The zero-order valence-electron chi connectivity index (χ0n) is 12.6. The fraction of sp³-hybridized carbons (Fsp3) is 0.846. The van der Waals surface area contributed by atoms with Crippen LogP contribution in [0.1, 0.15) is 34.1 Å². The molecule has 1 unspecified atom stereocenters. The maximum absolute atomic E-state index is 11.5. The zero-order valence-corrected chi connectivity index (χ0v) is 12.6. The Bertz CT molecular complexity index is 274. The molecule has 5 nitrogen and oxygen atoms in total. The van der Waals surface area contributed by atoms with Gasteiger partial charge < -0.3 is 15.5 Å². The molecule has 0 fully saturated rings. The molecule has 0 aromatic rings. The van der Waals surface area contributed by atoms with Crippen molar-refractivity contribution in [2.24, 2.45) is 10.9 Å². The maximum atomic E-state index is 11.5. The lowest BCUT2D eigenvalue weighted by molar-refractivity contribution is -0.127. The number of aliphatic imine (C=N–C) groups is 1. The standard InChI is InChI=1S/C13H28N4O/c1-7-8-14-13(16-11(4)10(2)3)15-9-12(18)17(5)6/h10-11H,7-9H2,1-6H3,(H2,14,15,16). The number of carbonyl (C=O) groups is 1. The van der Waals surface area contributed by atoms with Gasteiger partial charge in [-0.15, -0.1) is 0 Å². The van der Waals surface area contributed by atoms with Crippen LogP contribution in [0.4, 0.5) is 0 Å². The predicted octanol–water partition coefficient (Wildman–Crippen LogP) is 1.06. The second-order valence-electron chi connectivity index (χ2n) is 5.06. The van der Waals surface area contributed by atoms with Crippen molar-refractivity contribution in [1.82, 2.24) is 15.5 Å². The van der Waals surface area contributed by atoms with Crippen LogP contribution in [0.15, 0.2) is 4.99 Å². The van der Waals surface area contributed by atoms with Crippen molar-refractivity contribution in [2.75, 3.05) is 27.2 Å². The van der Waals surface area contributed by atoms with Crippen molar-refractivity contribution in [3.05, 3.63) is 0 Å². The van der Waals surface area contributed by atoms with Crippen LogP contribution in [0.5, 0.6) is 0 Å². The summed E-state index contributed by atoms with van der Waals surface area (Å²) in [7, 11) is 3.47. The molecule has 0 rings (SSSR count). The first-order valence-corrected chi connectivity index (χ1v) is 6.63. The first-order valence-electron chi connectivity index (χ1n) is 6.63. The summed E-state index contributed by atoms with van der Waals surface area (Å²) < 4.78 is 0. The monoisotopic (exact) mass is 256 g/mol. The molecule has 0 aliphatic carbocycles. The highest BCUT2D eigenvalue weighted by atomic mass is 16.2. The van der Waals surface area contributed by atoms with Crippen LogP contribution in [-0.2, 0) is 4.79 Å². The number of carbonyl (C=O) groups excluding carboxylic acids is 1. The van der Waals surface area contributed by atoms with E-state index < -0.39 is 0 Å². The highest BCUT2D eigenvalue weighted by Crippen LogP contribution is 1.99. The van der Waals surface area contributed by atoms with Crippen LogP contribution in [0.25, 0.3) is 0 Å². The van der Waals surface area contributed by atoms with Gasteiger partial charge in [0.2, 0.25) is 5.91 Å². The molecule has 1 atom stereocenters. The molecule has 106 valence electrons. The SMILES string of the molecule is CCCNC(=NCC(=O)N(C)C)NC(C)C(C)C. The molecule has 0 saturated heterocycles. The summed E-state index contributed by atoms with van der Waals surface area (Å²) in [4.78, 5) is 17.4. The summed E-state index contributed by atoms with van der Waals surface area (Å²) in [5.74, 6) is 1.24. The van der Waals surface area contributed by atoms with Gasteiger partial charge in [-0.2, -0.15) is 0 Å². The van der Waals surface area contributed by atoms with E-state index in [-0.39, 0.29) is 12.5 Å². The van der Waals surface area contributed by atoms with Gasteiger partial charge in [-0.1, -0.05) is 20.8 Å². The van der Waals surface area contributed by atoms with Gasteiger partial charge in [-0.25, -0.2) is 4.99 Å². The van der Waals surface area contributed by atoms with E-state index in [0.29, 0.717) is 17.9 Å². The third-order valence-corrected chi connectivity index (χ3v) is 2.78. The molecular weight excluding hydrogens is 228 g/mol. The first-order chi connectivity index (χ1) is 8.38. The van der Waals surface area contributed by atoms with E-state index in [9.17, 15) is 4.79 Å². The van der Waals surface area contributed by atoms with Gasteiger partial charge >= 0.3 is 0 Å².